The molecule has 0 aliphatic carbocycles. The normalized spacial score (nSPS) is 14.6. The van der Waals surface area contributed by atoms with Crippen LogP contribution in [0.5, 0.6) is 0 Å². The maximum Gasteiger partial charge on any atom is 0.227 e. The third kappa shape index (κ3) is 4.45. The SMILES string of the molecule is Cc1ccc(NC(=O)C2CCN(c3cc(-c4ccccc4)ncn3)CC2)cc1C. The molecule has 5 heteroatoms. The van der Waals surface area contributed by atoms with E-state index in [-0.39, 0.29) is 11.8 Å². The molecule has 4 rings (SSSR count). The van der Waals surface area contributed by atoms with Gasteiger partial charge in [0.05, 0.1) is 5.69 Å². The number of piperidine rings is 1. The van der Waals surface area contributed by atoms with Gasteiger partial charge < -0.3 is 10.2 Å². The Hall–Kier alpha value is -3.21. The van der Waals surface area contributed by atoms with Gasteiger partial charge in [0.2, 0.25) is 5.91 Å². The van der Waals surface area contributed by atoms with E-state index in [1.54, 1.807) is 6.33 Å². The van der Waals surface area contributed by atoms with Crippen LogP contribution in [0.4, 0.5) is 11.5 Å². The summed E-state index contributed by atoms with van der Waals surface area (Å²) in [6.07, 6.45) is 3.26. The number of benzene rings is 2. The number of carbonyl (C=O) groups is 1. The van der Waals surface area contributed by atoms with Crippen molar-refractivity contribution in [3.05, 3.63) is 72.1 Å². The fourth-order valence-corrected chi connectivity index (χ4v) is 3.72. The van der Waals surface area contributed by atoms with Crippen molar-refractivity contribution in [2.24, 2.45) is 5.92 Å². The largest absolute Gasteiger partial charge is 0.356 e. The molecule has 148 valence electrons. The Kier molecular flexibility index (Phi) is 5.56. The second kappa shape index (κ2) is 8.43. The highest BCUT2D eigenvalue weighted by atomic mass is 16.1. The lowest BCUT2D eigenvalue weighted by Gasteiger charge is -2.32. The zero-order valence-electron chi connectivity index (χ0n) is 16.9. The topological polar surface area (TPSA) is 58.1 Å². The van der Waals surface area contributed by atoms with Gasteiger partial charge in [0, 0.05) is 36.3 Å². The van der Waals surface area contributed by atoms with Crippen LogP contribution in [0.1, 0.15) is 24.0 Å². The van der Waals surface area contributed by atoms with Crippen LogP contribution >= 0.6 is 0 Å². The number of hydrogen-bond donors (Lipinski definition) is 1. The van der Waals surface area contributed by atoms with E-state index >= 15 is 0 Å². The maximum absolute atomic E-state index is 12.7. The molecule has 1 fully saturated rings. The number of amides is 1. The standard InChI is InChI=1S/C24H26N4O/c1-17-8-9-21(14-18(17)2)27-24(29)20-10-12-28(13-11-20)23-15-22(25-16-26-23)19-6-4-3-5-7-19/h3-9,14-16,20H,10-13H2,1-2H3,(H,27,29). The van der Waals surface area contributed by atoms with Crippen molar-refractivity contribution >= 4 is 17.4 Å². The Morgan fingerprint density at radius 3 is 2.45 bits per heavy atom. The number of aryl methyl sites for hydroxylation is 2. The van der Waals surface area contributed by atoms with Crippen molar-refractivity contribution in [1.29, 1.82) is 0 Å². The first kappa shape index (κ1) is 19.1. The smallest absolute Gasteiger partial charge is 0.227 e. The molecule has 1 N–H and O–H groups in total. The molecule has 0 unspecified atom stereocenters. The highest BCUT2D eigenvalue weighted by Gasteiger charge is 2.26. The number of anilines is 2. The van der Waals surface area contributed by atoms with Crippen LogP contribution in [0.3, 0.4) is 0 Å². The Morgan fingerprint density at radius 1 is 0.966 bits per heavy atom. The zero-order chi connectivity index (χ0) is 20.2. The molecule has 0 radical (unpaired) electrons. The van der Waals surface area contributed by atoms with Crippen LogP contribution in [0.15, 0.2) is 60.9 Å². The van der Waals surface area contributed by atoms with E-state index < -0.39 is 0 Å². The minimum absolute atomic E-state index is 0.0308. The number of hydrogen-bond acceptors (Lipinski definition) is 4. The third-order valence-electron chi connectivity index (χ3n) is 5.69. The van der Waals surface area contributed by atoms with Gasteiger partial charge in [0.25, 0.3) is 0 Å². The Balaban J connectivity index is 1.38. The van der Waals surface area contributed by atoms with E-state index in [2.05, 4.69) is 46.2 Å². The highest BCUT2D eigenvalue weighted by molar-refractivity contribution is 5.92. The van der Waals surface area contributed by atoms with Gasteiger partial charge in [-0.1, -0.05) is 36.4 Å². The van der Waals surface area contributed by atoms with Crippen molar-refractivity contribution in [3.8, 4) is 11.3 Å². The average molecular weight is 386 g/mol. The van der Waals surface area contributed by atoms with Gasteiger partial charge in [-0.25, -0.2) is 9.97 Å². The Labute approximate surface area is 171 Å². The number of carbonyl (C=O) groups excluding carboxylic acids is 1. The van der Waals surface area contributed by atoms with Gasteiger partial charge in [-0.2, -0.15) is 0 Å². The number of nitrogens with zero attached hydrogens (tertiary/aromatic N) is 3. The van der Waals surface area contributed by atoms with Gasteiger partial charge in [0.15, 0.2) is 0 Å². The van der Waals surface area contributed by atoms with Crippen LogP contribution in [0, 0.1) is 19.8 Å². The molecule has 0 spiro atoms. The molecule has 0 saturated carbocycles. The average Bonchev–Trinajstić information content (AvgIpc) is 2.77. The molecule has 1 aliphatic rings. The molecule has 1 amide bonds. The van der Waals surface area contributed by atoms with E-state index in [1.165, 1.54) is 11.1 Å². The van der Waals surface area contributed by atoms with Gasteiger partial charge in [-0.05, 0) is 49.9 Å². The lowest BCUT2D eigenvalue weighted by Crippen LogP contribution is -2.38. The molecule has 0 atom stereocenters. The Bertz CT molecular complexity index is 995. The summed E-state index contributed by atoms with van der Waals surface area (Å²) in [5.41, 5.74) is 5.31. The first-order chi connectivity index (χ1) is 14.1. The van der Waals surface area contributed by atoms with E-state index in [1.807, 2.05) is 42.5 Å². The molecule has 1 aliphatic heterocycles. The van der Waals surface area contributed by atoms with Crippen LogP contribution in [-0.4, -0.2) is 29.0 Å². The van der Waals surface area contributed by atoms with Gasteiger partial charge in [0.1, 0.15) is 12.1 Å². The molecule has 3 aromatic rings. The summed E-state index contributed by atoms with van der Waals surface area (Å²) in [4.78, 5) is 23.8. The Morgan fingerprint density at radius 2 is 1.72 bits per heavy atom. The van der Waals surface area contributed by atoms with E-state index in [4.69, 9.17) is 0 Å². The third-order valence-corrected chi connectivity index (χ3v) is 5.69. The fraction of sp³-hybridized carbons (Fsp3) is 0.292. The van der Waals surface area contributed by atoms with Gasteiger partial charge in [-0.3, -0.25) is 4.79 Å². The molecule has 2 aromatic carbocycles. The summed E-state index contributed by atoms with van der Waals surface area (Å²) in [6.45, 7) is 5.77. The number of aromatic nitrogens is 2. The van der Waals surface area contributed by atoms with Crippen LogP contribution in [0.25, 0.3) is 11.3 Å². The predicted octanol–water partition coefficient (Wildman–Crippen LogP) is 4.62. The summed E-state index contributed by atoms with van der Waals surface area (Å²) in [7, 11) is 0. The first-order valence-electron chi connectivity index (χ1n) is 10.1. The van der Waals surface area contributed by atoms with Gasteiger partial charge in [-0.15, -0.1) is 0 Å². The molecule has 1 saturated heterocycles. The summed E-state index contributed by atoms with van der Waals surface area (Å²) in [5, 5.41) is 3.08. The number of rotatable bonds is 4. The fourth-order valence-electron chi connectivity index (χ4n) is 3.72. The van der Waals surface area contributed by atoms with Crippen molar-refractivity contribution in [2.45, 2.75) is 26.7 Å². The second-order valence-electron chi connectivity index (χ2n) is 7.68. The van der Waals surface area contributed by atoms with Gasteiger partial charge >= 0.3 is 0 Å². The van der Waals surface area contributed by atoms with Crippen molar-refractivity contribution in [2.75, 3.05) is 23.3 Å². The summed E-state index contributed by atoms with van der Waals surface area (Å²) < 4.78 is 0. The lowest BCUT2D eigenvalue weighted by molar-refractivity contribution is -0.120. The molecular formula is C24H26N4O. The van der Waals surface area contributed by atoms with Crippen molar-refractivity contribution in [3.63, 3.8) is 0 Å². The van der Waals surface area contributed by atoms with E-state index in [9.17, 15) is 4.79 Å². The molecule has 1 aromatic heterocycles. The molecule has 0 bridgehead atoms. The zero-order valence-corrected chi connectivity index (χ0v) is 16.9. The van der Waals surface area contributed by atoms with Crippen molar-refractivity contribution in [1.82, 2.24) is 9.97 Å². The molecule has 2 heterocycles. The molecular weight excluding hydrogens is 360 g/mol. The minimum atomic E-state index is 0.0308. The summed E-state index contributed by atoms with van der Waals surface area (Å²) in [6, 6.07) is 18.2. The summed E-state index contributed by atoms with van der Waals surface area (Å²) in [5.74, 6) is 1.07. The van der Waals surface area contributed by atoms with E-state index in [0.29, 0.717) is 0 Å². The molecule has 5 nitrogen and oxygen atoms in total. The van der Waals surface area contributed by atoms with Crippen molar-refractivity contribution < 1.29 is 4.79 Å². The van der Waals surface area contributed by atoms with Crippen LogP contribution in [0.2, 0.25) is 0 Å². The lowest BCUT2D eigenvalue weighted by atomic mass is 9.95. The monoisotopic (exact) mass is 386 g/mol. The quantitative estimate of drug-likeness (QED) is 0.711. The number of nitrogens with one attached hydrogen (secondary N) is 1. The van der Waals surface area contributed by atoms with Crippen LogP contribution in [-0.2, 0) is 4.79 Å². The van der Waals surface area contributed by atoms with E-state index in [0.717, 1.165) is 48.7 Å². The molecule has 29 heavy (non-hydrogen) atoms. The predicted molar refractivity (Wildman–Crippen MR) is 117 cm³/mol. The highest BCUT2D eigenvalue weighted by Crippen LogP contribution is 2.26. The first-order valence-corrected chi connectivity index (χ1v) is 10.1. The van der Waals surface area contributed by atoms with Crippen LogP contribution < -0.4 is 10.2 Å². The second-order valence-corrected chi connectivity index (χ2v) is 7.68. The maximum atomic E-state index is 12.7. The summed E-state index contributed by atoms with van der Waals surface area (Å²) >= 11 is 0. The minimum Gasteiger partial charge on any atom is -0.356 e.